The summed E-state index contributed by atoms with van der Waals surface area (Å²) in [6.07, 6.45) is -0.510. The molecule has 94 valence electrons. The van der Waals surface area contributed by atoms with Gasteiger partial charge in [-0.2, -0.15) is 13.2 Å². The third kappa shape index (κ3) is 4.00. The third-order valence-corrected chi connectivity index (χ3v) is 3.00. The minimum Gasteiger partial charge on any atom is -0.350 e. The van der Waals surface area contributed by atoms with E-state index in [1.165, 1.54) is 0 Å². The molecule has 0 aromatic rings. The first-order valence-electron chi connectivity index (χ1n) is 5.45. The number of hydrogen-bond donors (Lipinski definition) is 2. The second kappa shape index (κ2) is 5.03. The summed E-state index contributed by atoms with van der Waals surface area (Å²) in [6, 6.07) is 0. The molecule has 1 aliphatic rings. The van der Waals surface area contributed by atoms with Crippen molar-refractivity contribution in [2.45, 2.75) is 44.3 Å². The van der Waals surface area contributed by atoms with Crippen molar-refractivity contribution in [2.75, 3.05) is 13.1 Å². The lowest BCUT2D eigenvalue weighted by Crippen LogP contribution is -2.55. The summed E-state index contributed by atoms with van der Waals surface area (Å²) < 4.78 is 35.4. The van der Waals surface area contributed by atoms with E-state index in [-0.39, 0.29) is 18.0 Å². The first-order chi connectivity index (χ1) is 7.37. The Kier molecular flexibility index (Phi) is 4.18. The standard InChI is InChI=1S/C10H17F3N2O/c1-2-9(4-3-5-9)15-8(16)6-14-7-10(11,12)13/h14H,2-7H2,1H3,(H,15,16). The molecular weight excluding hydrogens is 221 g/mol. The summed E-state index contributed by atoms with van der Waals surface area (Å²) in [7, 11) is 0. The topological polar surface area (TPSA) is 41.1 Å². The third-order valence-electron chi connectivity index (χ3n) is 3.00. The van der Waals surface area contributed by atoms with Crippen LogP contribution in [0.1, 0.15) is 32.6 Å². The van der Waals surface area contributed by atoms with E-state index in [0.717, 1.165) is 25.7 Å². The molecule has 0 aliphatic heterocycles. The van der Waals surface area contributed by atoms with Gasteiger partial charge >= 0.3 is 6.18 Å². The zero-order chi connectivity index (χ0) is 12.2. The molecule has 2 N–H and O–H groups in total. The van der Waals surface area contributed by atoms with Gasteiger partial charge in [0.05, 0.1) is 13.1 Å². The minimum atomic E-state index is -4.26. The van der Waals surface area contributed by atoms with Crippen molar-refractivity contribution in [3.05, 3.63) is 0 Å². The lowest BCUT2D eigenvalue weighted by atomic mass is 9.75. The molecule has 6 heteroatoms. The second-order valence-electron chi connectivity index (χ2n) is 4.25. The molecule has 0 aromatic carbocycles. The Morgan fingerprint density at radius 2 is 2.00 bits per heavy atom. The van der Waals surface area contributed by atoms with E-state index in [2.05, 4.69) is 10.6 Å². The minimum absolute atomic E-state index is 0.156. The van der Waals surface area contributed by atoms with Gasteiger partial charge < -0.3 is 10.6 Å². The molecule has 0 aromatic heterocycles. The second-order valence-corrected chi connectivity index (χ2v) is 4.25. The van der Waals surface area contributed by atoms with Crippen LogP contribution in [-0.4, -0.2) is 30.7 Å². The Morgan fingerprint density at radius 1 is 1.38 bits per heavy atom. The zero-order valence-electron chi connectivity index (χ0n) is 9.28. The van der Waals surface area contributed by atoms with Crippen molar-refractivity contribution in [3.63, 3.8) is 0 Å². The number of amides is 1. The van der Waals surface area contributed by atoms with Crippen LogP contribution in [0.25, 0.3) is 0 Å². The van der Waals surface area contributed by atoms with Crippen LogP contribution in [0.2, 0.25) is 0 Å². The van der Waals surface area contributed by atoms with Gasteiger partial charge in [-0.05, 0) is 25.7 Å². The first kappa shape index (κ1) is 13.3. The Hall–Kier alpha value is -0.780. The van der Waals surface area contributed by atoms with Gasteiger partial charge in [0.2, 0.25) is 5.91 Å². The lowest BCUT2D eigenvalue weighted by Gasteiger charge is -2.42. The summed E-state index contributed by atoms with van der Waals surface area (Å²) in [4.78, 5) is 11.4. The molecule has 0 spiro atoms. The van der Waals surface area contributed by atoms with Gasteiger partial charge in [0.25, 0.3) is 0 Å². The van der Waals surface area contributed by atoms with E-state index in [1.807, 2.05) is 6.92 Å². The van der Waals surface area contributed by atoms with E-state index in [4.69, 9.17) is 0 Å². The number of carbonyl (C=O) groups excluding carboxylic acids is 1. The predicted molar refractivity (Wildman–Crippen MR) is 53.9 cm³/mol. The van der Waals surface area contributed by atoms with E-state index in [1.54, 1.807) is 0 Å². The average Bonchev–Trinajstić information content (AvgIpc) is 2.09. The Bertz CT molecular complexity index is 243. The van der Waals surface area contributed by atoms with Gasteiger partial charge in [-0.15, -0.1) is 0 Å². The molecule has 1 rings (SSSR count). The molecule has 0 radical (unpaired) electrons. The van der Waals surface area contributed by atoms with Crippen molar-refractivity contribution in [1.82, 2.24) is 10.6 Å². The molecule has 0 bridgehead atoms. The van der Waals surface area contributed by atoms with Gasteiger partial charge in [-0.1, -0.05) is 6.92 Å². The summed E-state index contributed by atoms with van der Waals surface area (Å²) in [5, 5.41) is 4.88. The molecule has 0 saturated heterocycles. The van der Waals surface area contributed by atoms with Crippen LogP contribution in [0.4, 0.5) is 13.2 Å². The van der Waals surface area contributed by atoms with Crippen molar-refractivity contribution in [1.29, 1.82) is 0 Å². The fourth-order valence-electron chi connectivity index (χ4n) is 1.83. The van der Waals surface area contributed by atoms with Crippen LogP contribution in [0.5, 0.6) is 0 Å². The summed E-state index contributed by atoms with van der Waals surface area (Å²) in [5.74, 6) is -0.356. The van der Waals surface area contributed by atoms with Crippen LogP contribution in [0, 0.1) is 0 Å². The first-order valence-corrected chi connectivity index (χ1v) is 5.45. The molecule has 1 fully saturated rings. The number of hydrogen-bond acceptors (Lipinski definition) is 2. The van der Waals surface area contributed by atoms with Crippen molar-refractivity contribution in [3.8, 4) is 0 Å². The molecular formula is C10H17F3N2O. The number of carbonyl (C=O) groups is 1. The van der Waals surface area contributed by atoms with Crippen molar-refractivity contribution >= 4 is 5.91 Å². The van der Waals surface area contributed by atoms with Crippen LogP contribution >= 0.6 is 0 Å². The van der Waals surface area contributed by atoms with E-state index in [9.17, 15) is 18.0 Å². The van der Waals surface area contributed by atoms with Gasteiger partial charge in [-0.25, -0.2) is 0 Å². The van der Waals surface area contributed by atoms with Crippen molar-refractivity contribution in [2.24, 2.45) is 0 Å². The molecule has 1 aliphatic carbocycles. The Morgan fingerprint density at radius 3 is 2.38 bits per heavy atom. The van der Waals surface area contributed by atoms with E-state index in [0.29, 0.717) is 0 Å². The van der Waals surface area contributed by atoms with Crippen LogP contribution in [-0.2, 0) is 4.79 Å². The maximum absolute atomic E-state index is 11.8. The summed E-state index contributed by atoms with van der Waals surface area (Å²) in [6.45, 7) is 0.573. The Balaban J connectivity index is 2.21. The molecule has 0 unspecified atom stereocenters. The van der Waals surface area contributed by atoms with Crippen molar-refractivity contribution < 1.29 is 18.0 Å². The average molecular weight is 238 g/mol. The van der Waals surface area contributed by atoms with E-state index >= 15 is 0 Å². The lowest BCUT2D eigenvalue weighted by molar-refractivity contribution is -0.129. The zero-order valence-corrected chi connectivity index (χ0v) is 9.28. The normalized spacial score (nSPS) is 19.0. The number of rotatable bonds is 5. The highest BCUT2D eigenvalue weighted by atomic mass is 19.4. The molecule has 1 saturated carbocycles. The molecule has 16 heavy (non-hydrogen) atoms. The van der Waals surface area contributed by atoms with Gasteiger partial charge in [0.1, 0.15) is 0 Å². The SMILES string of the molecule is CCC1(NC(=O)CNCC(F)(F)F)CCC1. The van der Waals surface area contributed by atoms with Crippen LogP contribution < -0.4 is 10.6 Å². The van der Waals surface area contributed by atoms with Gasteiger partial charge in [0, 0.05) is 5.54 Å². The van der Waals surface area contributed by atoms with E-state index < -0.39 is 12.7 Å². The maximum atomic E-state index is 11.8. The monoisotopic (exact) mass is 238 g/mol. The highest BCUT2D eigenvalue weighted by Crippen LogP contribution is 2.34. The van der Waals surface area contributed by atoms with Gasteiger partial charge in [0.15, 0.2) is 0 Å². The smallest absolute Gasteiger partial charge is 0.350 e. The summed E-state index contributed by atoms with van der Waals surface area (Å²) in [5.41, 5.74) is -0.156. The van der Waals surface area contributed by atoms with Gasteiger partial charge in [-0.3, -0.25) is 4.79 Å². The maximum Gasteiger partial charge on any atom is 0.401 e. The largest absolute Gasteiger partial charge is 0.401 e. The fraction of sp³-hybridized carbons (Fsp3) is 0.900. The molecule has 0 atom stereocenters. The number of nitrogens with one attached hydrogen (secondary N) is 2. The van der Waals surface area contributed by atoms with Crippen LogP contribution in [0.15, 0.2) is 0 Å². The molecule has 0 heterocycles. The molecule has 3 nitrogen and oxygen atoms in total. The highest BCUT2D eigenvalue weighted by Gasteiger charge is 2.36. The van der Waals surface area contributed by atoms with Crippen LogP contribution in [0.3, 0.4) is 0 Å². The quantitative estimate of drug-likeness (QED) is 0.763. The highest BCUT2D eigenvalue weighted by molar-refractivity contribution is 5.79. The molecule has 1 amide bonds. The number of halogens is 3. The number of alkyl halides is 3. The Labute approximate surface area is 92.8 Å². The summed E-state index contributed by atoms with van der Waals surface area (Å²) >= 11 is 0. The predicted octanol–water partition coefficient (Wildman–Crippen LogP) is 1.59. The fourth-order valence-corrected chi connectivity index (χ4v) is 1.83.